The lowest BCUT2D eigenvalue weighted by Gasteiger charge is -2.65. The summed E-state index contributed by atoms with van der Waals surface area (Å²) < 4.78 is 5.62. The van der Waals surface area contributed by atoms with Crippen molar-refractivity contribution in [1.82, 2.24) is 5.32 Å². The predicted molar refractivity (Wildman–Crippen MR) is 136 cm³/mol. The van der Waals surface area contributed by atoms with E-state index in [-0.39, 0.29) is 34.7 Å². The van der Waals surface area contributed by atoms with E-state index in [1.54, 1.807) is 0 Å². The molecule has 1 aliphatic heterocycles. The fourth-order valence-corrected chi connectivity index (χ4v) is 10.6. The van der Waals surface area contributed by atoms with Gasteiger partial charge in [0.1, 0.15) is 11.8 Å². The summed E-state index contributed by atoms with van der Waals surface area (Å²) in [4.78, 5) is 25.4. The van der Waals surface area contributed by atoms with Crippen molar-refractivity contribution >= 4 is 11.9 Å². The van der Waals surface area contributed by atoms with Gasteiger partial charge >= 0.3 is 5.97 Å². The largest absolute Gasteiger partial charge is 0.463 e. The van der Waals surface area contributed by atoms with E-state index in [0.29, 0.717) is 36.5 Å². The fourth-order valence-electron chi connectivity index (χ4n) is 10.6. The lowest BCUT2D eigenvalue weighted by atomic mass is 9.39. The van der Waals surface area contributed by atoms with E-state index in [2.05, 4.69) is 39.9 Å². The number of nitrogens with one attached hydrogen (secondary N) is 1. The molecule has 1 amide bonds. The molecule has 5 fully saturated rings. The van der Waals surface area contributed by atoms with Crippen LogP contribution in [0.15, 0.2) is 0 Å². The summed E-state index contributed by atoms with van der Waals surface area (Å²) in [6.07, 6.45) is 11.2. The van der Waals surface area contributed by atoms with Crippen LogP contribution < -0.4 is 5.32 Å². The molecule has 0 radical (unpaired) electrons. The van der Waals surface area contributed by atoms with Crippen LogP contribution in [0.25, 0.3) is 0 Å². The number of hydrogen-bond acceptors (Lipinski definition) is 4. The predicted octanol–water partition coefficient (Wildman–Crippen LogP) is 5.84. The maximum atomic E-state index is 13.7. The molecule has 0 aromatic heterocycles. The van der Waals surface area contributed by atoms with E-state index in [9.17, 15) is 14.7 Å². The minimum atomic E-state index is -1.12. The number of ether oxygens (including phenoxy) is 1. The van der Waals surface area contributed by atoms with Gasteiger partial charge in [-0.05, 0) is 85.4 Å². The molecular formula is C30H49NO4. The average Bonchev–Trinajstić information content (AvgIpc) is 3.22. The van der Waals surface area contributed by atoms with Gasteiger partial charge in [-0.1, -0.05) is 53.9 Å². The first-order chi connectivity index (χ1) is 16.4. The topological polar surface area (TPSA) is 75.6 Å². The molecule has 5 rings (SSSR count). The molecule has 4 aliphatic carbocycles. The van der Waals surface area contributed by atoms with Gasteiger partial charge in [0.2, 0.25) is 5.91 Å². The first-order valence-electron chi connectivity index (χ1n) is 14.6. The first-order valence-corrected chi connectivity index (χ1v) is 14.6. The second-order valence-electron chi connectivity index (χ2n) is 14.3. The van der Waals surface area contributed by atoms with Gasteiger partial charge in [-0.3, -0.25) is 9.59 Å². The molecule has 1 heterocycles. The van der Waals surface area contributed by atoms with Crippen molar-refractivity contribution in [3.63, 3.8) is 0 Å². The Morgan fingerprint density at radius 2 is 1.83 bits per heavy atom. The lowest BCUT2D eigenvalue weighted by molar-refractivity contribution is -0.228. The van der Waals surface area contributed by atoms with Crippen LogP contribution in [0.4, 0.5) is 0 Å². The summed E-state index contributed by atoms with van der Waals surface area (Å²) in [5.41, 5.74) is -1.66. The van der Waals surface area contributed by atoms with E-state index in [1.807, 2.05) is 0 Å². The van der Waals surface area contributed by atoms with Crippen molar-refractivity contribution < 1.29 is 19.4 Å². The highest BCUT2D eigenvalue weighted by Gasteiger charge is 2.76. The molecule has 1 saturated heterocycles. The smallest absolute Gasteiger partial charge is 0.302 e. The highest BCUT2D eigenvalue weighted by Crippen LogP contribution is 2.74. The van der Waals surface area contributed by atoms with Crippen molar-refractivity contribution in [3.8, 4) is 0 Å². The zero-order chi connectivity index (χ0) is 25.4. The number of rotatable bonds is 6. The average molecular weight is 488 g/mol. The molecule has 4 saturated carbocycles. The SMILES string of the molecule is CC(=O)O[C@H]1CC[C@]2(C)[C@H]3CC[C@]4(C)[C@@H]([C@H](C)CCCC(C)C)CC[C@H]4[C@@H]3[C@@]3(O)C[C@]2(C1)C(=O)N3. The van der Waals surface area contributed by atoms with Gasteiger partial charge in [-0.25, -0.2) is 0 Å². The summed E-state index contributed by atoms with van der Waals surface area (Å²) in [5.74, 6) is 2.85. The second kappa shape index (κ2) is 8.46. The number of amides is 1. The number of hydrogen-bond donors (Lipinski definition) is 2. The Morgan fingerprint density at radius 1 is 1.09 bits per heavy atom. The quantitative estimate of drug-likeness (QED) is 0.462. The molecule has 198 valence electrons. The summed E-state index contributed by atoms with van der Waals surface area (Å²) in [6, 6.07) is 0. The van der Waals surface area contributed by atoms with Gasteiger partial charge < -0.3 is 15.2 Å². The van der Waals surface area contributed by atoms with Gasteiger partial charge in [0.05, 0.1) is 5.41 Å². The van der Waals surface area contributed by atoms with Gasteiger partial charge in [-0.2, -0.15) is 0 Å². The Balaban J connectivity index is 1.42. The number of carbonyl (C=O) groups is 2. The van der Waals surface area contributed by atoms with Crippen molar-refractivity contribution in [2.24, 2.45) is 51.8 Å². The van der Waals surface area contributed by atoms with E-state index >= 15 is 0 Å². The molecule has 0 aromatic rings. The third-order valence-electron chi connectivity index (χ3n) is 12.2. The summed E-state index contributed by atoms with van der Waals surface area (Å²) in [7, 11) is 0. The van der Waals surface area contributed by atoms with E-state index in [1.165, 1.54) is 45.4 Å². The Labute approximate surface area is 212 Å². The van der Waals surface area contributed by atoms with E-state index < -0.39 is 11.1 Å². The minimum absolute atomic E-state index is 0.00653. The van der Waals surface area contributed by atoms with Crippen LogP contribution in [-0.2, 0) is 14.3 Å². The Hall–Kier alpha value is -1.10. The Kier molecular flexibility index (Phi) is 6.18. The van der Waals surface area contributed by atoms with Gasteiger partial charge in [-0.15, -0.1) is 0 Å². The first kappa shape index (κ1) is 25.5. The molecule has 5 nitrogen and oxygen atoms in total. The van der Waals surface area contributed by atoms with Crippen LogP contribution in [0.5, 0.6) is 0 Å². The van der Waals surface area contributed by atoms with Crippen LogP contribution in [-0.4, -0.2) is 28.8 Å². The zero-order valence-corrected chi connectivity index (χ0v) is 23.0. The van der Waals surface area contributed by atoms with Crippen molar-refractivity contribution in [3.05, 3.63) is 0 Å². The summed E-state index contributed by atoms with van der Waals surface area (Å²) >= 11 is 0. The fraction of sp³-hybridized carbons (Fsp3) is 0.933. The highest BCUT2D eigenvalue weighted by molar-refractivity contribution is 5.88. The molecule has 35 heavy (non-hydrogen) atoms. The molecule has 0 aromatic carbocycles. The summed E-state index contributed by atoms with van der Waals surface area (Å²) in [6.45, 7) is 13.4. The molecule has 5 heteroatoms. The van der Waals surface area contributed by atoms with Gasteiger partial charge in [0.25, 0.3) is 0 Å². The number of aliphatic hydroxyl groups is 1. The third-order valence-corrected chi connectivity index (χ3v) is 12.2. The molecule has 2 N–H and O–H groups in total. The van der Waals surface area contributed by atoms with Crippen molar-refractivity contribution in [1.29, 1.82) is 0 Å². The molecule has 5 aliphatic rings. The molecular weight excluding hydrogens is 438 g/mol. The Bertz CT molecular complexity index is 872. The number of esters is 1. The van der Waals surface area contributed by atoms with Crippen LogP contribution in [0.3, 0.4) is 0 Å². The van der Waals surface area contributed by atoms with E-state index in [0.717, 1.165) is 25.2 Å². The monoisotopic (exact) mass is 487 g/mol. The standard InChI is InChI=1S/C30H49NO4/c1-18(2)8-7-9-19(3)22-10-11-23-25-24(13-14-27(22,23)5)28(6)15-12-21(35-20(4)32)16-29(28)17-30(25,34)31-26(29)33/h18-19,21-25,34H,7-17H2,1-6H3,(H,31,33)/t19-,21+,22-,23+,24+,25+,27-,28-,29-,30+/m1/s1. The van der Waals surface area contributed by atoms with Crippen LogP contribution in [0.1, 0.15) is 112 Å². The molecule has 0 unspecified atom stereocenters. The summed E-state index contributed by atoms with van der Waals surface area (Å²) in [5, 5.41) is 15.3. The van der Waals surface area contributed by atoms with Gasteiger partial charge in [0, 0.05) is 19.3 Å². The molecule has 10 atom stereocenters. The highest BCUT2D eigenvalue weighted by atomic mass is 16.5. The van der Waals surface area contributed by atoms with E-state index in [4.69, 9.17) is 4.74 Å². The number of carbonyl (C=O) groups excluding carboxylic acids is 2. The molecule has 2 bridgehead atoms. The lowest BCUT2D eigenvalue weighted by Crippen LogP contribution is -2.65. The van der Waals surface area contributed by atoms with Crippen LogP contribution in [0.2, 0.25) is 0 Å². The third kappa shape index (κ3) is 3.64. The van der Waals surface area contributed by atoms with Crippen molar-refractivity contribution in [2.45, 2.75) is 124 Å². The molecule has 1 spiro atoms. The maximum Gasteiger partial charge on any atom is 0.302 e. The number of fused-ring (bicyclic) bond motifs is 6. The normalized spacial score (nSPS) is 49.1. The maximum absolute atomic E-state index is 13.7. The van der Waals surface area contributed by atoms with Crippen molar-refractivity contribution in [2.75, 3.05) is 0 Å². The second-order valence-corrected chi connectivity index (χ2v) is 14.3. The van der Waals surface area contributed by atoms with Crippen LogP contribution in [0, 0.1) is 51.8 Å². The Morgan fingerprint density at radius 3 is 2.51 bits per heavy atom. The van der Waals surface area contributed by atoms with Crippen LogP contribution >= 0.6 is 0 Å². The minimum Gasteiger partial charge on any atom is -0.463 e. The zero-order valence-electron chi connectivity index (χ0n) is 23.0. The van der Waals surface area contributed by atoms with Gasteiger partial charge in [0.15, 0.2) is 0 Å².